The lowest BCUT2D eigenvalue weighted by molar-refractivity contribution is -0.135. The fourth-order valence-corrected chi connectivity index (χ4v) is 4.27. The van der Waals surface area contributed by atoms with Gasteiger partial charge in [0, 0.05) is 43.9 Å². The Labute approximate surface area is 140 Å². The lowest BCUT2D eigenvalue weighted by Gasteiger charge is -2.26. The van der Waals surface area contributed by atoms with Crippen LogP contribution in [0, 0.1) is 18.8 Å². The van der Waals surface area contributed by atoms with Gasteiger partial charge in [-0.15, -0.1) is 0 Å². The molecule has 1 saturated carbocycles. The van der Waals surface area contributed by atoms with Gasteiger partial charge in [0.15, 0.2) is 0 Å². The topological polar surface area (TPSA) is 38.1 Å². The zero-order valence-electron chi connectivity index (χ0n) is 14.8. The molecule has 1 amide bonds. The summed E-state index contributed by atoms with van der Waals surface area (Å²) in [5, 5.41) is 0. The van der Waals surface area contributed by atoms with Crippen LogP contribution in [-0.4, -0.2) is 33.4 Å². The highest BCUT2D eigenvalue weighted by Gasteiger charge is 2.32. The third-order valence-electron chi connectivity index (χ3n) is 5.61. The Balaban J connectivity index is 1.56. The van der Waals surface area contributed by atoms with E-state index in [-0.39, 0.29) is 0 Å². The number of carbonyl (C=O) groups is 1. The number of imidazole rings is 1. The predicted octanol–water partition coefficient (Wildman–Crippen LogP) is 3.57. The van der Waals surface area contributed by atoms with Gasteiger partial charge >= 0.3 is 0 Å². The van der Waals surface area contributed by atoms with Crippen molar-refractivity contribution in [1.82, 2.24) is 14.5 Å². The minimum atomic E-state index is 0.312. The SMILES string of the molecule is CCCn1c(C)cnc1CC1CCN(C(=O)C2CCCCC2)C1. The second kappa shape index (κ2) is 7.50. The Morgan fingerprint density at radius 2 is 2.04 bits per heavy atom. The first-order chi connectivity index (χ1) is 11.2. The quantitative estimate of drug-likeness (QED) is 0.832. The van der Waals surface area contributed by atoms with E-state index >= 15 is 0 Å². The molecule has 0 radical (unpaired) electrons. The second-order valence-corrected chi connectivity index (χ2v) is 7.45. The van der Waals surface area contributed by atoms with Gasteiger partial charge in [-0.1, -0.05) is 26.2 Å². The average molecular weight is 317 g/mol. The van der Waals surface area contributed by atoms with E-state index < -0.39 is 0 Å². The molecular formula is C19H31N3O. The Morgan fingerprint density at radius 1 is 1.26 bits per heavy atom. The number of hydrogen-bond acceptors (Lipinski definition) is 2. The highest BCUT2D eigenvalue weighted by molar-refractivity contribution is 5.79. The smallest absolute Gasteiger partial charge is 0.225 e. The third-order valence-corrected chi connectivity index (χ3v) is 5.61. The number of amides is 1. The Kier molecular flexibility index (Phi) is 5.39. The van der Waals surface area contributed by atoms with Crippen LogP contribution in [0.5, 0.6) is 0 Å². The summed E-state index contributed by atoms with van der Waals surface area (Å²) in [6.07, 6.45) is 11.3. The maximum Gasteiger partial charge on any atom is 0.225 e. The molecule has 2 aliphatic rings. The molecule has 1 saturated heterocycles. The summed E-state index contributed by atoms with van der Waals surface area (Å²) in [6, 6.07) is 0. The van der Waals surface area contributed by atoms with Crippen LogP contribution >= 0.6 is 0 Å². The van der Waals surface area contributed by atoms with E-state index in [9.17, 15) is 4.79 Å². The van der Waals surface area contributed by atoms with Crippen molar-refractivity contribution in [3.8, 4) is 0 Å². The maximum atomic E-state index is 12.7. The molecule has 128 valence electrons. The number of aromatic nitrogens is 2. The summed E-state index contributed by atoms with van der Waals surface area (Å²) in [5.41, 5.74) is 1.26. The number of rotatable bonds is 5. The van der Waals surface area contributed by atoms with Gasteiger partial charge < -0.3 is 9.47 Å². The number of aryl methyl sites for hydroxylation is 1. The second-order valence-electron chi connectivity index (χ2n) is 7.45. The normalized spacial score (nSPS) is 22.7. The molecule has 0 aromatic carbocycles. The summed E-state index contributed by atoms with van der Waals surface area (Å²) in [5.74, 6) is 2.54. The van der Waals surface area contributed by atoms with Crippen LogP contribution in [-0.2, 0) is 17.8 Å². The van der Waals surface area contributed by atoms with E-state index in [0.29, 0.717) is 17.7 Å². The largest absolute Gasteiger partial charge is 0.342 e. The minimum absolute atomic E-state index is 0.312. The molecule has 4 heteroatoms. The van der Waals surface area contributed by atoms with Gasteiger partial charge in [-0.25, -0.2) is 4.98 Å². The van der Waals surface area contributed by atoms with E-state index in [1.807, 2.05) is 6.20 Å². The van der Waals surface area contributed by atoms with Gasteiger partial charge in [0.25, 0.3) is 0 Å². The number of carbonyl (C=O) groups excluding carboxylic acids is 1. The van der Waals surface area contributed by atoms with Crippen molar-refractivity contribution in [3.63, 3.8) is 0 Å². The molecule has 1 aromatic rings. The molecular weight excluding hydrogens is 286 g/mol. The van der Waals surface area contributed by atoms with E-state index in [1.54, 1.807) is 0 Å². The van der Waals surface area contributed by atoms with Gasteiger partial charge in [-0.05, 0) is 38.5 Å². The number of nitrogens with zero attached hydrogens (tertiary/aromatic N) is 3. The molecule has 1 aliphatic carbocycles. The van der Waals surface area contributed by atoms with Crippen LogP contribution in [0.15, 0.2) is 6.20 Å². The number of hydrogen-bond donors (Lipinski definition) is 0. The zero-order chi connectivity index (χ0) is 16.2. The molecule has 0 N–H and O–H groups in total. The molecule has 23 heavy (non-hydrogen) atoms. The fourth-order valence-electron chi connectivity index (χ4n) is 4.27. The van der Waals surface area contributed by atoms with Crippen molar-refractivity contribution < 1.29 is 4.79 Å². The summed E-state index contributed by atoms with van der Waals surface area (Å²) in [7, 11) is 0. The van der Waals surface area contributed by atoms with Crippen molar-refractivity contribution >= 4 is 5.91 Å². The molecule has 3 rings (SSSR count). The number of likely N-dealkylation sites (tertiary alicyclic amines) is 1. The Bertz CT molecular complexity index is 531. The summed E-state index contributed by atoms with van der Waals surface area (Å²) < 4.78 is 2.35. The lowest BCUT2D eigenvalue weighted by atomic mass is 9.88. The molecule has 0 spiro atoms. The minimum Gasteiger partial charge on any atom is -0.342 e. The monoisotopic (exact) mass is 317 g/mol. The van der Waals surface area contributed by atoms with Crippen LogP contribution in [0.2, 0.25) is 0 Å². The summed E-state index contributed by atoms with van der Waals surface area (Å²) >= 11 is 0. The van der Waals surface area contributed by atoms with Gasteiger partial charge in [-0.3, -0.25) is 4.79 Å². The van der Waals surface area contributed by atoms with Crippen molar-refractivity contribution in [1.29, 1.82) is 0 Å². The molecule has 1 aromatic heterocycles. The average Bonchev–Trinajstić information content (AvgIpc) is 3.17. The molecule has 4 nitrogen and oxygen atoms in total. The Morgan fingerprint density at radius 3 is 2.78 bits per heavy atom. The molecule has 0 bridgehead atoms. The molecule has 2 heterocycles. The van der Waals surface area contributed by atoms with Gasteiger partial charge in [0.1, 0.15) is 5.82 Å². The van der Waals surface area contributed by atoms with E-state index in [4.69, 9.17) is 0 Å². The molecule has 1 atom stereocenters. The molecule has 2 fully saturated rings. The van der Waals surface area contributed by atoms with Crippen molar-refractivity contribution in [2.75, 3.05) is 13.1 Å². The van der Waals surface area contributed by atoms with Crippen molar-refractivity contribution in [2.45, 2.75) is 71.8 Å². The summed E-state index contributed by atoms with van der Waals surface area (Å²) in [4.78, 5) is 19.4. The van der Waals surface area contributed by atoms with E-state index in [0.717, 1.165) is 51.7 Å². The first kappa shape index (κ1) is 16.5. The molecule has 1 unspecified atom stereocenters. The van der Waals surface area contributed by atoms with Gasteiger partial charge in [0.2, 0.25) is 5.91 Å². The predicted molar refractivity (Wildman–Crippen MR) is 92.2 cm³/mol. The third kappa shape index (κ3) is 3.78. The first-order valence-electron chi connectivity index (χ1n) is 9.48. The summed E-state index contributed by atoms with van der Waals surface area (Å²) in [6.45, 7) is 7.29. The van der Waals surface area contributed by atoms with E-state index in [2.05, 4.69) is 28.3 Å². The highest BCUT2D eigenvalue weighted by atomic mass is 16.2. The standard InChI is InChI=1S/C19H31N3O/c1-3-10-22-15(2)13-20-18(22)12-16-9-11-21(14-16)19(23)17-7-5-4-6-8-17/h13,16-17H,3-12,14H2,1-2H3. The lowest BCUT2D eigenvalue weighted by Crippen LogP contribution is -2.35. The van der Waals surface area contributed by atoms with Crippen molar-refractivity contribution in [2.24, 2.45) is 11.8 Å². The van der Waals surface area contributed by atoms with Crippen LogP contribution in [0.3, 0.4) is 0 Å². The Hall–Kier alpha value is -1.32. The molecule has 1 aliphatic heterocycles. The van der Waals surface area contributed by atoms with Crippen molar-refractivity contribution in [3.05, 3.63) is 17.7 Å². The fraction of sp³-hybridized carbons (Fsp3) is 0.789. The van der Waals surface area contributed by atoms with Crippen LogP contribution in [0.4, 0.5) is 0 Å². The maximum absolute atomic E-state index is 12.7. The van der Waals surface area contributed by atoms with Crippen LogP contribution in [0.1, 0.15) is 63.4 Å². The van der Waals surface area contributed by atoms with E-state index in [1.165, 1.54) is 30.8 Å². The van der Waals surface area contributed by atoms with Crippen LogP contribution < -0.4 is 0 Å². The van der Waals surface area contributed by atoms with Crippen LogP contribution in [0.25, 0.3) is 0 Å². The van der Waals surface area contributed by atoms with Gasteiger partial charge in [-0.2, -0.15) is 0 Å². The zero-order valence-corrected chi connectivity index (χ0v) is 14.8. The first-order valence-corrected chi connectivity index (χ1v) is 9.48. The highest BCUT2D eigenvalue weighted by Crippen LogP contribution is 2.28. The van der Waals surface area contributed by atoms with Gasteiger partial charge in [0.05, 0.1) is 0 Å².